The summed E-state index contributed by atoms with van der Waals surface area (Å²) in [6.45, 7) is 3.18. The molecule has 0 radical (unpaired) electrons. The third-order valence-electron chi connectivity index (χ3n) is 5.14. The van der Waals surface area contributed by atoms with E-state index in [-0.39, 0.29) is 11.9 Å². The highest BCUT2D eigenvalue weighted by Crippen LogP contribution is 2.17. The molecule has 3 heterocycles. The summed E-state index contributed by atoms with van der Waals surface area (Å²) >= 11 is 0. The van der Waals surface area contributed by atoms with E-state index in [0.717, 1.165) is 43.9 Å². The molecule has 0 saturated carbocycles. The van der Waals surface area contributed by atoms with E-state index in [1.807, 2.05) is 53.4 Å². The Bertz CT molecular complexity index is 886. The zero-order chi connectivity index (χ0) is 19.2. The summed E-state index contributed by atoms with van der Waals surface area (Å²) in [4.78, 5) is 23.6. The average molecular weight is 375 g/mol. The van der Waals surface area contributed by atoms with Gasteiger partial charge in [-0.1, -0.05) is 36.4 Å². The van der Waals surface area contributed by atoms with Crippen molar-refractivity contribution >= 4 is 5.91 Å². The van der Waals surface area contributed by atoms with Gasteiger partial charge in [-0.05, 0) is 24.5 Å². The molecule has 1 fully saturated rings. The maximum absolute atomic E-state index is 12.6. The van der Waals surface area contributed by atoms with Crippen LogP contribution in [-0.2, 0) is 17.9 Å². The van der Waals surface area contributed by atoms with Gasteiger partial charge in [0.2, 0.25) is 5.91 Å². The van der Waals surface area contributed by atoms with Gasteiger partial charge in [0, 0.05) is 56.0 Å². The minimum absolute atomic E-state index is 0.0425. The van der Waals surface area contributed by atoms with Crippen LogP contribution in [-0.4, -0.2) is 44.5 Å². The second kappa shape index (κ2) is 8.80. The minimum atomic E-state index is 0.0425. The molecule has 0 atom stereocenters. The lowest BCUT2D eigenvalue weighted by Crippen LogP contribution is -2.45. The van der Waals surface area contributed by atoms with E-state index < -0.39 is 0 Å². The fourth-order valence-electron chi connectivity index (χ4n) is 3.70. The number of nitrogens with zero attached hydrogens (tertiary/aromatic N) is 4. The Hall–Kier alpha value is -2.99. The predicted octanol–water partition coefficient (Wildman–Crippen LogP) is 2.73. The molecule has 0 bridgehead atoms. The van der Waals surface area contributed by atoms with Crippen molar-refractivity contribution in [2.24, 2.45) is 0 Å². The largest absolute Gasteiger partial charge is 0.352 e. The van der Waals surface area contributed by atoms with Gasteiger partial charge in [-0.2, -0.15) is 0 Å². The fraction of sp³-hybridized carbons (Fsp3) is 0.318. The summed E-state index contributed by atoms with van der Waals surface area (Å²) in [6, 6.07) is 14.3. The topological polar surface area (TPSA) is 63.1 Å². The number of likely N-dealkylation sites (tertiary alicyclic amines) is 1. The molecule has 28 heavy (non-hydrogen) atoms. The number of benzene rings is 1. The Morgan fingerprint density at radius 1 is 1.07 bits per heavy atom. The Morgan fingerprint density at radius 2 is 1.89 bits per heavy atom. The first-order valence-corrected chi connectivity index (χ1v) is 9.75. The van der Waals surface area contributed by atoms with Crippen LogP contribution in [0.1, 0.15) is 18.4 Å². The van der Waals surface area contributed by atoms with Crippen LogP contribution in [0.2, 0.25) is 0 Å². The van der Waals surface area contributed by atoms with Crippen molar-refractivity contribution in [1.82, 2.24) is 24.8 Å². The molecule has 1 aliphatic rings. The van der Waals surface area contributed by atoms with Crippen LogP contribution in [0.3, 0.4) is 0 Å². The molecular weight excluding hydrogens is 350 g/mol. The number of nitrogens with one attached hydrogen (secondary N) is 1. The highest BCUT2D eigenvalue weighted by molar-refractivity contribution is 5.76. The van der Waals surface area contributed by atoms with Crippen LogP contribution in [0.25, 0.3) is 11.4 Å². The molecule has 144 valence electrons. The molecule has 4 rings (SSSR count). The summed E-state index contributed by atoms with van der Waals surface area (Å²) in [5.74, 6) is 0.864. The lowest BCUT2D eigenvalue weighted by atomic mass is 10.0. The highest BCUT2D eigenvalue weighted by Gasteiger charge is 2.21. The molecule has 1 aromatic carbocycles. The zero-order valence-corrected chi connectivity index (χ0v) is 15.9. The van der Waals surface area contributed by atoms with Gasteiger partial charge in [0.05, 0.1) is 0 Å². The third kappa shape index (κ3) is 4.64. The summed E-state index contributed by atoms with van der Waals surface area (Å²) in [5, 5.41) is 3.19. The molecule has 6 heteroatoms. The highest BCUT2D eigenvalue weighted by atomic mass is 16.2. The van der Waals surface area contributed by atoms with E-state index >= 15 is 0 Å². The Labute approximate surface area is 165 Å². The number of hydrogen-bond acceptors (Lipinski definition) is 4. The maximum Gasteiger partial charge on any atom is 0.240 e. The van der Waals surface area contributed by atoms with E-state index in [4.69, 9.17) is 0 Å². The van der Waals surface area contributed by atoms with Crippen LogP contribution in [0.5, 0.6) is 0 Å². The van der Waals surface area contributed by atoms with Crippen LogP contribution >= 0.6 is 0 Å². The first-order valence-electron chi connectivity index (χ1n) is 9.75. The number of piperidine rings is 1. The van der Waals surface area contributed by atoms with Crippen LogP contribution in [0.15, 0.2) is 67.3 Å². The average Bonchev–Trinajstić information content (AvgIpc) is 3.19. The molecule has 1 aliphatic heterocycles. The molecule has 3 aromatic rings. The Balaban J connectivity index is 1.27. The van der Waals surface area contributed by atoms with Crippen molar-refractivity contribution in [1.29, 1.82) is 0 Å². The first kappa shape index (κ1) is 18.4. The van der Waals surface area contributed by atoms with Crippen molar-refractivity contribution in [3.8, 4) is 11.4 Å². The monoisotopic (exact) mass is 375 g/mol. The maximum atomic E-state index is 12.6. The minimum Gasteiger partial charge on any atom is -0.352 e. The molecule has 1 saturated heterocycles. The zero-order valence-electron chi connectivity index (χ0n) is 15.9. The van der Waals surface area contributed by atoms with Crippen molar-refractivity contribution in [3.63, 3.8) is 0 Å². The molecule has 1 N–H and O–H groups in total. The molecular formula is C22H25N5O. The number of imidazole rings is 1. The fourth-order valence-corrected chi connectivity index (χ4v) is 3.70. The Morgan fingerprint density at radius 3 is 2.64 bits per heavy atom. The van der Waals surface area contributed by atoms with E-state index in [1.165, 1.54) is 5.56 Å². The molecule has 0 unspecified atom stereocenters. The van der Waals surface area contributed by atoms with Gasteiger partial charge in [-0.15, -0.1) is 0 Å². The smallest absolute Gasteiger partial charge is 0.240 e. The standard InChI is InChI=1S/C22H25N5O/c28-21(17-27-14-11-24-22(27)19-6-2-1-3-7-19)25-20-8-12-26(13-9-20)16-18-5-4-10-23-15-18/h1-7,10-11,14-15,20H,8-9,12-13,16-17H2,(H,25,28). The summed E-state index contributed by atoms with van der Waals surface area (Å²) < 4.78 is 1.90. The number of aromatic nitrogens is 3. The summed E-state index contributed by atoms with van der Waals surface area (Å²) in [7, 11) is 0. The molecule has 0 aliphatic carbocycles. The number of carbonyl (C=O) groups excluding carboxylic acids is 1. The van der Waals surface area contributed by atoms with Gasteiger partial charge >= 0.3 is 0 Å². The van der Waals surface area contributed by atoms with Crippen LogP contribution < -0.4 is 5.32 Å². The molecule has 6 nitrogen and oxygen atoms in total. The van der Waals surface area contributed by atoms with Crippen molar-refractivity contribution < 1.29 is 4.79 Å². The second-order valence-electron chi connectivity index (χ2n) is 7.22. The van der Waals surface area contributed by atoms with Crippen molar-refractivity contribution in [3.05, 3.63) is 72.8 Å². The number of hydrogen-bond donors (Lipinski definition) is 1. The molecule has 2 aromatic heterocycles. The normalized spacial score (nSPS) is 15.4. The van der Waals surface area contributed by atoms with Crippen LogP contribution in [0.4, 0.5) is 0 Å². The first-order chi connectivity index (χ1) is 13.8. The SMILES string of the molecule is O=C(Cn1ccnc1-c1ccccc1)NC1CCN(Cc2cccnc2)CC1. The summed E-state index contributed by atoms with van der Waals surface area (Å²) in [5.41, 5.74) is 2.25. The third-order valence-corrected chi connectivity index (χ3v) is 5.14. The number of rotatable bonds is 6. The summed E-state index contributed by atoms with van der Waals surface area (Å²) in [6.07, 6.45) is 9.27. The number of amides is 1. The number of carbonyl (C=O) groups is 1. The Kier molecular flexibility index (Phi) is 5.77. The van der Waals surface area contributed by atoms with Gasteiger partial charge in [0.15, 0.2) is 0 Å². The van der Waals surface area contributed by atoms with E-state index in [1.54, 1.807) is 12.4 Å². The van der Waals surface area contributed by atoms with E-state index in [2.05, 4.69) is 26.3 Å². The molecule has 1 amide bonds. The lowest BCUT2D eigenvalue weighted by molar-refractivity contribution is -0.122. The van der Waals surface area contributed by atoms with Gasteiger partial charge in [-0.3, -0.25) is 14.7 Å². The van der Waals surface area contributed by atoms with Crippen LogP contribution in [0, 0.1) is 0 Å². The quantitative estimate of drug-likeness (QED) is 0.720. The van der Waals surface area contributed by atoms with Gasteiger partial charge in [-0.25, -0.2) is 4.98 Å². The van der Waals surface area contributed by atoms with Gasteiger partial charge < -0.3 is 9.88 Å². The van der Waals surface area contributed by atoms with E-state index in [0.29, 0.717) is 6.54 Å². The number of pyridine rings is 1. The second-order valence-corrected chi connectivity index (χ2v) is 7.22. The lowest BCUT2D eigenvalue weighted by Gasteiger charge is -2.32. The van der Waals surface area contributed by atoms with Gasteiger partial charge in [0.25, 0.3) is 0 Å². The van der Waals surface area contributed by atoms with Crippen molar-refractivity contribution in [2.45, 2.75) is 32.0 Å². The predicted molar refractivity (Wildman–Crippen MR) is 108 cm³/mol. The van der Waals surface area contributed by atoms with E-state index in [9.17, 15) is 4.79 Å². The molecule has 0 spiro atoms. The van der Waals surface area contributed by atoms with Crippen molar-refractivity contribution in [2.75, 3.05) is 13.1 Å². The van der Waals surface area contributed by atoms with Gasteiger partial charge in [0.1, 0.15) is 12.4 Å².